The quantitative estimate of drug-likeness (QED) is 0.843. The van der Waals surface area contributed by atoms with Crippen LogP contribution in [0.15, 0.2) is 36.9 Å². The Morgan fingerprint density at radius 2 is 2.19 bits per heavy atom. The van der Waals surface area contributed by atoms with Gasteiger partial charge in [-0.1, -0.05) is 25.1 Å². The lowest BCUT2D eigenvalue weighted by molar-refractivity contribution is 0.642. The zero-order valence-electron chi connectivity index (χ0n) is 9.37. The molecule has 4 heteroatoms. The van der Waals surface area contributed by atoms with Gasteiger partial charge in [0.1, 0.15) is 12.7 Å². The number of nitrogens with zero attached hydrogens (tertiary/aromatic N) is 3. The Labute approximate surface area is 95.1 Å². The van der Waals surface area contributed by atoms with Gasteiger partial charge in [-0.25, -0.2) is 9.67 Å². The van der Waals surface area contributed by atoms with Gasteiger partial charge in [-0.05, 0) is 24.5 Å². The number of nitrogens with two attached hydrogens (primary N) is 1. The van der Waals surface area contributed by atoms with Gasteiger partial charge in [0.05, 0.1) is 5.69 Å². The average molecular weight is 216 g/mol. The van der Waals surface area contributed by atoms with Gasteiger partial charge in [0.2, 0.25) is 0 Å². The molecule has 0 bridgehead atoms. The van der Waals surface area contributed by atoms with Gasteiger partial charge in [-0.15, -0.1) is 0 Å². The highest BCUT2D eigenvalue weighted by molar-refractivity contribution is 5.40. The molecular formula is C12H16N4. The van der Waals surface area contributed by atoms with Gasteiger partial charge in [0.25, 0.3) is 0 Å². The van der Waals surface area contributed by atoms with Crippen molar-refractivity contribution in [3.05, 3.63) is 42.5 Å². The van der Waals surface area contributed by atoms with E-state index in [-0.39, 0.29) is 6.04 Å². The molecule has 0 saturated carbocycles. The fourth-order valence-electron chi connectivity index (χ4n) is 1.67. The zero-order chi connectivity index (χ0) is 11.4. The first-order chi connectivity index (χ1) is 7.81. The van der Waals surface area contributed by atoms with Crippen molar-refractivity contribution in [2.45, 2.75) is 25.8 Å². The molecule has 0 aliphatic heterocycles. The molecule has 1 atom stereocenters. The summed E-state index contributed by atoms with van der Waals surface area (Å²) in [7, 11) is 0. The second-order valence-corrected chi connectivity index (χ2v) is 3.84. The Bertz CT molecular complexity index is 436. The maximum Gasteiger partial charge on any atom is 0.138 e. The molecule has 0 aliphatic rings. The molecule has 4 nitrogen and oxygen atoms in total. The molecule has 1 aromatic heterocycles. The Kier molecular flexibility index (Phi) is 3.31. The van der Waals surface area contributed by atoms with Gasteiger partial charge in [-0.3, -0.25) is 0 Å². The molecule has 16 heavy (non-hydrogen) atoms. The van der Waals surface area contributed by atoms with Crippen LogP contribution in [0.5, 0.6) is 0 Å². The van der Waals surface area contributed by atoms with Crippen LogP contribution in [-0.4, -0.2) is 20.8 Å². The second-order valence-electron chi connectivity index (χ2n) is 3.84. The molecule has 0 amide bonds. The van der Waals surface area contributed by atoms with Crippen LogP contribution in [0.4, 0.5) is 0 Å². The SMILES string of the molecule is CCC(N)Cc1ccccc1-n1cncn1. The summed E-state index contributed by atoms with van der Waals surface area (Å²) in [6.45, 7) is 2.10. The first-order valence-corrected chi connectivity index (χ1v) is 5.49. The summed E-state index contributed by atoms with van der Waals surface area (Å²) in [6, 6.07) is 8.35. The monoisotopic (exact) mass is 216 g/mol. The van der Waals surface area contributed by atoms with Crippen LogP contribution in [-0.2, 0) is 6.42 Å². The Hall–Kier alpha value is -1.68. The van der Waals surface area contributed by atoms with Gasteiger partial charge in [0.15, 0.2) is 0 Å². The van der Waals surface area contributed by atoms with Crippen molar-refractivity contribution in [1.82, 2.24) is 14.8 Å². The summed E-state index contributed by atoms with van der Waals surface area (Å²) in [5.74, 6) is 0. The van der Waals surface area contributed by atoms with Crippen molar-refractivity contribution in [2.24, 2.45) is 5.73 Å². The molecule has 0 aliphatic carbocycles. The fourth-order valence-corrected chi connectivity index (χ4v) is 1.67. The van der Waals surface area contributed by atoms with E-state index in [2.05, 4.69) is 23.1 Å². The van der Waals surface area contributed by atoms with Gasteiger partial charge in [-0.2, -0.15) is 5.10 Å². The third kappa shape index (κ3) is 2.28. The predicted octanol–water partition coefficient (Wildman–Crippen LogP) is 1.55. The van der Waals surface area contributed by atoms with E-state index in [4.69, 9.17) is 5.73 Å². The Morgan fingerprint density at radius 1 is 1.38 bits per heavy atom. The van der Waals surface area contributed by atoms with E-state index in [1.165, 1.54) is 11.9 Å². The summed E-state index contributed by atoms with van der Waals surface area (Å²) < 4.78 is 1.78. The normalized spacial score (nSPS) is 12.6. The highest BCUT2D eigenvalue weighted by atomic mass is 15.3. The van der Waals surface area contributed by atoms with E-state index in [0.29, 0.717) is 0 Å². The Morgan fingerprint density at radius 3 is 2.88 bits per heavy atom. The average Bonchev–Trinajstić information content (AvgIpc) is 2.83. The molecule has 84 valence electrons. The van der Waals surface area contributed by atoms with Crippen LogP contribution in [0.1, 0.15) is 18.9 Å². The van der Waals surface area contributed by atoms with Gasteiger partial charge >= 0.3 is 0 Å². The minimum atomic E-state index is 0.199. The van der Waals surface area contributed by atoms with Crippen LogP contribution >= 0.6 is 0 Å². The molecule has 1 unspecified atom stereocenters. The number of hydrogen-bond donors (Lipinski definition) is 1. The van der Waals surface area contributed by atoms with Crippen molar-refractivity contribution in [1.29, 1.82) is 0 Å². The number of hydrogen-bond acceptors (Lipinski definition) is 3. The molecule has 2 aromatic rings. The fraction of sp³-hybridized carbons (Fsp3) is 0.333. The van der Waals surface area contributed by atoms with Crippen molar-refractivity contribution in [2.75, 3.05) is 0 Å². The number of benzene rings is 1. The van der Waals surface area contributed by atoms with Crippen molar-refractivity contribution >= 4 is 0 Å². The third-order valence-corrected chi connectivity index (χ3v) is 2.66. The summed E-state index contributed by atoms with van der Waals surface area (Å²) in [4.78, 5) is 3.96. The lowest BCUT2D eigenvalue weighted by atomic mass is 10.0. The minimum absolute atomic E-state index is 0.199. The van der Waals surface area contributed by atoms with Crippen LogP contribution in [0.2, 0.25) is 0 Å². The molecular weight excluding hydrogens is 200 g/mol. The molecule has 1 aromatic carbocycles. The first kappa shape index (κ1) is 10.8. The maximum atomic E-state index is 5.98. The van der Waals surface area contributed by atoms with Gasteiger partial charge < -0.3 is 5.73 Å². The molecule has 1 heterocycles. The summed E-state index contributed by atoms with van der Waals surface area (Å²) >= 11 is 0. The first-order valence-electron chi connectivity index (χ1n) is 5.49. The van der Waals surface area contributed by atoms with Crippen LogP contribution < -0.4 is 5.73 Å². The van der Waals surface area contributed by atoms with E-state index < -0.39 is 0 Å². The smallest absolute Gasteiger partial charge is 0.138 e. The Balaban J connectivity index is 2.31. The third-order valence-electron chi connectivity index (χ3n) is 2.66. The summed E-state index contributed by atoms with van der Waals surface area (Å²) in [5, 5.41) is 4.14. The van der Waals surface area contributed by atoms with E-state index in [1.807, 2.05) is 18.2 Å². The van der Waals surface area contributed by atoms with Crippen molar-refractivity contribution < 1.29 is 0 Å². The van der Waals surface area contributed by atoms with E-state index >= 15 is 0 Å². The van der Waals surface area contributed by atoms with Gasteiger partial charge in [0, 0.05) is 6.04 Å². The van der Waals surface area contributed by atoms with Crippen molar-refractivity contribution in [3.8, 4) is 5.69 Å². The second kappa shape index (κ2) is 4.90. The largest absolute Gasteiger partial charge is 0.327 e. The van der Waals surface area contributed by atoms with Crippen LogP contribution in [0.25, 0.3) is 5.69 Å². The summed E-state index contributed by atoms with van der Waals surface area (Å²) in [5.41, 5.74) is 8.25. The summed E-state index contributed by atoms with van der Waals surface area (Å²) in [6.07, 6.45) is 5.09. The molecule has 2 N–H and O–H groups in total. The lowest BCUT2D eigenvalue weighted by Crippen LogP contribution is -2.22. The van der Waals surface area contributed by atoms with E-state index in [0.717, 1.165) is 18.5 Å². The predicted molar refractivity (Wildman–Crippen MR) is 63.3 cm³/mol. The number of aromatic nitrogens is 3. The highest BCUT2D eigenvalue weighted by Gasteiger charge is 2.07. The van der Waals surface area contributed by atoms with E-state index in [1.54, 1.807) is 11.0 Å². The molecule has 0 fully saturated rings. The van der Waals surface area contributed by atoms with E-state index in [9.17, 15) is 0 Å². The lowest BCUT2D eigenvalue weighted by Gasteiger charge is -2.12. The minimum Gasteiger partial charge on any atom is -0.327 e. The number of rotatable bonds is 4. The molecule has 0 radical (unpaired) electrons. The highest BCUT2D eigenvalue weighted by Crippen LogP contribution is 2.15. The molecule has 0 spiro atoms. The zero-order valence-corrected chi connectivity index (χ0v) is 9.37. The molecule has 0 saturated heterocycles. The standard InChI is InChI=1S/C12H16N4/c1-2-11(13)7-10-5-3-4-6-12(10)16-9-14-8-15-16/h3-6,8-9,11H,2,7,13H2,1H3. The topological polar surface area (TPSA) is 56.7 Å². The van der Waals surface area contributed by atoms with Crippen LogP contribution in [0.3, 0.4) is 0 Å². The van der Waals surface area contributed by atoms with Crippen molar-refractivity contribution in [3.63, 3.8) is 0 Å². The van der Waals surface area contributed by atoms with Crippen LogP contribution in [0, 0.1) is 0 Å². The maximum absolute atomic E-state index is 5.98. The molecule has 2 rings (SSSR count). The number of para-hydroxylation sites is 1.